The summed E-state index contributed by atoms with van der Waals surface area (Å²) in [5.41, 5.74) is 2.24. The van der Waals surface area contributed by atoms with Gasteiger partial charge in [-0.3, -0.25) is 9.89 Å². The average Bonchev–Trinajstić information content (AvgIpc) is 3.55. The molecule has 2 N–H and O–H groups in total. The third-order valence-electron chi connectivity index (χ3n) is 5.89. The highest BCUT2D eigenvalue weighted by molar-refractivity contribution is 7.99. The average molecular weight is 439 g/mol. The van der Waals surface area contributed by atoms with Crippen LogP contribution in [-0.4, -0.2) is 31.4 Å². The van der Waals surface area contributed by atoms with E-state index in [1.165, 1.54) is 37.4 Å². The smallest absolute Gasteiger partial charge is 0.235 e. The molecule has 9 heteroatoms. The molecule has 1 saturated carbocycles. The maximum atomic E-state index is 12.7. The van der Waals surface area contributed by atoms with Gasteiger partial charge in [-0.05, 0) is 37.5 Å². The largest absolute Gasteiger partial charge is 0.467 e. The molecular formula is C22H26N6O2S. The van der Waals surface area contributed by atoms with Gasteiger partial charge in [0.2, 0.25) is 11.1 Å². The Morgan fingerprint density at radius 2 is 2.23 bits per heavy atom. The number of furan rings is 1. The van der Waals surface area contributed by atoms with Crippen molar-refractivity contribution in [1.82, 2.24) is 19.7 Å². The van der Waals surface area contributed by atoms with Gasteiger partial charge in [0, 0.05) is 12.1 Å². The number of carbonyl (C=O) groups excluding carboxylic acids is 1. The second kappa shape index (κ2) is 9.43. The Kier molecular flexibility index (Phi) is 6.47. The molecule has 3 heterocycles. The molecule has 31 heavy (non-hydrogen) atoms. The van der Waals surface area contributed by atoms with Crippen molar-refractivity contribution in [2.75, 3.05) is 11.1 Å². The van der Waals surface area contributed by atoms with Crippen molar-refractivity contribution in [2.24, 2.45) is 5.92 Å². The van der Waals surface area contributed by atoms with Gasteiger partial charge in [-0.1, -0.05) is 37.4 Å². The molecule has 1 aliphatic rings. The van der Waals surface area contributed by atoms with E-state index < -0.39 is 0 Å². The number of hydrogen-bond donors (Lipinski definition) is 2. The number of nitriles is 1. The summed E-state index contributed by atoms with van der Waals surface area (Å²) in [6.45, 7) is 4.26. The molecule has 1 aliphatic carbocycles. The number of carbonyl (C=O) groups is 1. The Labute approximate surface area is 185 Å². The highest BCUT2D eigenvalue weighted by Crippen LogP contribution is 2.29. The van der Waals surface area contributed by atoms with Crippen molar-refractivity contribution in [3.05, 3.63) is 46.8 Å². The maximum absolute atomic E-state index is 12.7. The number of amides is 1. The summed E-state index contributed by atoms with van der Waals surface area (Å²) in [7, 11) is 0. The number of H-pyrrole nitrogens is 1. The predicted octanol–water partition coefficient (Wildman–Crippen LogP) is 4.20. The summed E-state index contributed by atoms with van der Waals surface area (Å²) in [6, 6.07) is 5.91. The minimum Gasteiger partial charge on any atom is -0.467 e. The molecule has 0 aliphatic heterocycles. The van der Waals surface area contributed by atoms with Crippen LogP contribution in [0.2, 0.25) is 0 Å². The van der Waals surface area contributed by atoms with E-state index in [9.17, 15) is 10.1 Å². The van der Waals surface area contributed by atoms with E-state index in [0.717, 1.165) is 29.3 Å². The van der Waals surface area contributed by atoms with Gasteiger partial charge in [-0.2, -0.15) is 5.26 Å². The number of anilines is 1. The summed E-state index contributed by atoms with van der Waals surface area (Å²) < 4.78 is 7.35. The third-order valence-corrected chi connectivity index (χ3v) is 6.74. The van der Waals surface area contributed by atoms with Crippen molar-refractivity contribution < 1.29 is 9.21 Å². The first kappa shape index (κ1) is 21.2. The normalized spacial score (nSPS) is 14.1. The van der Waals surface area contributed by atoms with Crippen LogP contribution in [0.15, 0.2) is 28.0 Å². The van der Waals surface area contributed by atoms with E-state index in [2.05, 4.69) is 26.6 Å². The Balaban J connectivity index is 1.41. The quantitative estimate of drug-likeness (QED) is 0.510. The molecule has 0 bridgehead atoms. The first-order valence-electron chi connectivity index (χ1n) is 10.5. The van der Waals surface area contributed by atoms with Crippen LogP contribution in [0, 0.1) is 31.1 Å². The molecule has 0 unspecified atom stereocenters. The van der Waals surface area contributed by atoms with E-state index >= 15 is 0 Å². The van der Waals surface area contributed by atoms with Crippen molar-refractivity contribution in [3.8, 4) is 6.07 Å². The monoisotopic (exact) mass is 438 g/mol. The van der Waals surface area contributed by atoms with E-state index in [0.29, 0.717) is 29.0 Å². The predicted molar refractivity (Wildman–Crippen MR) is 118 cm³/mol. The molecule has 3 aromatic rings. The summed E-state index contributed by atoms with van der Waals surface area (Å²) in [5, 5.41) is 20.4. The molecule has 0 radical (unpaired) electrons. The zero-order valence-electron chi connectivity index (χ0n) is 17.8. The molecule has 0 atom stereocenters. The van der Waals surface area contributed by atoms with Gasteiger partial charge in [0.05, 0.1) is 24.1 Å². The molecule has 4 rings (SSSR count). The lowest BCUT2D eigenvalue weighted by molar-refractivity contribution is -0.113. The first-order valence-corrected chi connectivity index (χ1v) is 11.5. The molecule has 0 aromatic carbocycles. The van der Waals surface area contributed by atoms with Gasteiger partial charge in [0.1, 0.15) is 23.5 Å². The van der Waals surface area contributed by atoms with E-state index in [4.69, 9.17) is 4.42 Å². The SMILES string of the molecule is Cc1c(C#N)c(NC(=O)CSc2n[nH]c(CC3CCCC3)n2)n(Cc2ccco2)c1C. The number of nitrogens with zero attached hydrogens (tertiary/aromatic N) is 4. The summed E-state index contributed by atoms with van der Waals surface area (Å²) in [5.74, 6) is 2.78. The fraction of sp³-hybridized carbons (Fsp3) is 0.455. The van der Waals surface area contributed by atoms with E-state index in [1.807, 2.05) is 30.5 Å². The lowest BCUT2D eigenvalue weighted by Gasteiger charge is -2.11. The Hall–Kier alpha value is -2.99. The van der Waals surface area contributed by atoms with E-state index in [1.54, 1.807) is 6.26 Å². The fourth-order valence-corrected chi connectivity index (χ4v) is 4.72. The van der Waals surface area contributed by atoms with Crippen LogP contribution >= 0.6 is 11.8 Å². The molecule has 0 saturated heterocycles. The number of nitrogens with one attached hydrogen (secondary N) is 2. The van der Waals surface area contributed by atoms with Gasteiger partial charge >= 0.3 is 0 Å². The van der Waals surface area contributed by atoms with Gasteiger partial charge < -0.3 is 14.3 Å². The molecule has 1 amide bonds. The van der Waals surface area contributed by atoms with Crippen LogP contribution in [0.3, 0.4) is 0 Å². The second-order valence-electron chi connectivity index (χ2n) is 7.97. The molecule has 8 nitrogen and oxygen atoms in total. The molecular weight excluding hydrogens is 412 g/mol. The minimum atomic E-state index is -0.207. The Bertz CT molecular complexity index is 1090. The Morgan fingerprint density at radius 3 is 2.94 bits per heavy atom. The highest BCUT2D eigenvalue weighted by atomic mass is 32.2. The van der Waals surface area contributed by atoms with Gasteiger partial charge in [-0.15, -0.1) is 5.10 Å². The zero-order valence-corrected chi connectivity index (χ0v) is 18.6. The number of hydrogen-bond acceptors (Lipinski definition) is 6. The maximum Gasteiger partial charge on any atom is 0.235 e. The fourth-order valence-electron chi connectivity index (χ4n) is 4.11. The van der Waals surface area contributed by atoms with Crippen molar-refractivity contribution >= 4 is 23.5 Å². The molecule has 1 fully saturated rings. The van der Waals surface area contributed by atoms with Gasteiger partial charge in [0.15, 0.2) is 0 Å². The zero-order chi connectivity index (χ0) is 21.8. The Morgan fingerprint density at radius 1 is 1.42 bits per heavy atom. The van der Waals surface area contributed by atoms with Gasteiger partial charge in [0.25, 0.3) is 0 Å². The van der Waals surface area contributed by atoms with Crippen LogP contribution < -0.4 is 5.32 Å². The standard InChI is InChI=1S/C22H26N6O2S/c1-14-15(2)28(12-17-8-5-9-30-17)21(18(14)11-23)25-20(29)13-31-22-24-19(26-27-22)10-16-6-3-4-7-16/h5,8-9,16H,3-4,6-7,10,12-13H2,1-2H3,(H,25,29)(H,24,26,27). The van der Waals surface area contributed by atoms with Crippen molar-refractivity contribution in [1.29, 1.82) is 5.26 Å². The number of aromatic nitrogens is 4. The number of aromatic amines is 1. The van der Waals surface area contributed by atoms with Crippen LogP contribution in [0.1, 0.15) is 54.1 Å². The number of rotatable bonds is 8. The second-order valence-corrected chi connectivity index (χ2v) is 8.91. The lowest BCUT2D eigenvalue weighted by atomic mass is 10.0. The van der Waals surface area contributed by atoms with Crippen LogP contribution in [0.5, 0.6) is 0 Å². The third kappa shape index (κ3) is 4.85. The molecule has 3 aromatic heterocycles. The summed E-state index contributed by atoms with van der Waals surface area (Å²) in [4.78, 5) is 17.2. The first-order chi connectivity index (χ1) is 15.0. The van der Waals surface area contributed by atoms with Crippen molar-refractivity contribution in [2.45, 2.75) is 57.7 Å². The van der Waals surface area contributed by atoms with Crippen molar-refractivity contribution in [3.63, 3.8) is 0 Å². The topological polar surface area (TPSA) is 113 Å². The minimum absolute atomic E-state index is 0.162. The lowest BCUT2D eigenvalue weighted by Crippen LogP contribution is -2.18. The highest BCUT2D eigenvalue weighted by Gasteiger charge is 2.21. The molecule has 162 valence electrons. The number of thioether (sulfide) groups is 1. The summed E-state index contributed by atoms with van der Waals surface area (Å²) in [6.07, 6.45) is 7.63. The van der Waals surface area contributed by atoms with E-state index in [-0.39, 0.29) is 11.7 Å². The van der Waals surface area contributed by atoms with Gasteiger partial charge in [-0.25, -0.2) is 4.98 Å². The van der Waals surface area contributed by atoms with Crippen LogP contribution in [0.4, 0.5) is 5.82 Å². The van der Waals surface area contributed by atoms with Crippen LogP contribution in [-0.2, 0) is 17.8 Å². The molecule has 0 spiro atoms. The van der Waals surface area contributed by atoms with Crippen LogP contribution in [0.25, 0.3) is 0 Å². The summed E-state index contributed by atoms with van der Waals surface area (Å²) >= 11 is 1.29.